The van der Waals surface area contributed by atoms with Gasteiger partial charge in [0.2, 0.25) is 0 Å². The Kier molecular flexibility index (Phi) is 4.43. The molecule has 0 radical (unpaired) electrons. The van der Waals surface area contributed by atoms with Crippen LogP contribution in [0, 0.1) is 17.2 Å². The average Bonchev–Trinajstić information content (AvgIpc) is 2.88. The molecule has 0 N–H and O–H groups in total. The van der Waals surface area contributed by atoms with Crippen molar-refractivity contribution in [3.05, 3.63) is 29.6 Å². The number of ether oxygens (including phenoxy) is 2. The Morgan fingerprint density at radius 3 is 2.62 bits per heavy atom. The molecule has 6 heteroatoms. The normalized spacial score (nSPS) is 10.5. The zero-order valence-electron chi connectivity index (χ0n) is 12.6. The number of aromatic nitrogens is 3. The summed E-state index contributed by atoms with van der Waals surface area (Å²) >= 11 is 0. The number of rotatable bonds is 5. The van der Waals surface area contributed by atoms with Gasteiger partial charge in [0.05, 0.1) is 19.9 Å². The maximum absolute atomic E-state index is 9.20. The second-order valence-electron chi connectivity index (χ2n) is 5.04. The van der Waals surface area contributed by atoms with Crippen LogP contribution >= 0.6 is 0 Å². The number of benzene rings is 1. The highest BCUT2D eigenvalue weighted by molar-refractivity contribution is 5.52. The summed E-state index contributed by atoms with van der Waals surface area (Å²) in [5.41, 5.74) is 1.83. The predicted molar refractivity (Wildman–Crippen MR) is 77.7 cm³/mol. The van der Waals surface area contributed by atoms with Gasteiger partial charge in [-0.05, 0) is 24.5 Å². The van der Waals surface area contributed by atoms with Crippen molar-refractivity contribution in [2.75, 3.05) is 14.2 Å². The summed E-state index contributed by atoms with van der Waals surface area (Å²) < 4.78 is 12.3. The average molecular weight is 286 g/mol. The largest absolute Gasteiger partial charge is 0.497 e. The molecule has 21 heavy (non-hydrogen) atoms. The van der Waals surface area contributed by atoms with Gasteiger partial charge >= 0.3 is 0 Å². The topological polar surface area (TPSA) is 73.0 Å². The highest BCUT2D eigenvalue weighted by Gasteiger charge is 2.18. The molecular formula is C15H18N4O2. The molecule has 0 unspecified atom stereocenters. The molecule has 2 aromatic rings. The fourth-order valence-corrected chi connectivity index (χ4v) is 2.11. The first-order valence-electron chi connectivity index (χ1n) is 6.67. The monoisotopic (exact) mass is 286 g/mol. The summed E-state index contributed by atoms with van der Waals surface area (Å²) in [7, 11) is 3.19. The SMILES string of the molecule is COc1ccc(OC)c(-n2nnc(C#N)c2CC(C)C)c1. The lowest BCUT2D eigenvalue weighted by atomic mass is 10.1. The molecule has 1 aromatic carbocycles. The van der Waals surface area contributed by atoms with Gasteiger partial charge in [0.25, 0.3) is 0 Å². The van der Waals surface area contributed by atoms with Gasteiger partial charge in [-0.25, -0.2) is 4.68 Å². The number of nitrogens with zero attached hydrogens (tertiary/aromatic N) is 4. The smallest absolute Gasteiger partial charge is 0.186 e. The summed E-state index contributed by atoms with van der Waals surface area (Å²) in [6.45, 7) is 4.17. The first-order chi connectivity index (χ1) is 10.1. The Morgan fingerprint density at radius 1 is 1.29 bits per heavy atom. The third kappa shape index (κ3) is 2.97. The fourth-order valence-electron chi connectivity index (χ4n) is 2.11. The van der Waals surface area contributed by atoms with E-state index < -0.39 is 0 Å². The zero-order chi connectivity index (χ0) is 15.4. The Morgan fingerprint density at radius 2 is 2.05 bits per heavy atom. The second kappa shape index (κ2) is 6.27. The Bertz CT molecular complexity index is 671. The standard InChI is InChI=1S/C15H18N4O2/c1-10(2)7-13-12(9-16)17-18-19(13)14-8-11(20-3)5-6-15(14)21-4/h5-6,8,10H,7H2,1-4H3. The van der Waals surface area contributed by atoms with Crippen molar-refractivity contribution >= 4 is 0 Å². The highest BCUT2D eigenvalue weighted by Crippen LogP contribution is 2.29. The van der Waals surface area contributed by atoms with Crippen molar-refractivity contribution < 1.29 is 9.47 Å². The third-order valence-corrected chi connectivity index (χ3v) is 3.08. The maximum atomic E-state index is 9.20. The van der Waals surface area contributed by atoms with Crippen molar-refractivity contribution in [3.8, 4) is 23.3 Å². The molecule has 0 atom stereocenters. The van der Waals surface area contributed by atoms with Crippen LogP contribution in [0.5, 0.6) is 11.5 Å². The van der Waals surface area contributed by atoms with Gasteiger partial charge in [0.1, 0.15) is 23.3 Å². The number of nitriles is 1. The minimum absolute atomic E-state index is 0.341. The lowest BCUT2D eigenvalue weighted by molar-refractivity contribution is 0.399. The van der Waals surface area contributed by atoms with Crippen LogP contribution in [-0.4, -0.2) is 29.2 Å². The van der Waals surface area contributed by atoms with E-state index in [1.54, 1.807) is 25.0 Å². The molecule has 0 amide bonds. The van der Waals surface area contributed by atoms with Gasteiger partial charge in [-0.1, -0.05) is 19.1 Å². The number of methoxy groups -OCH3 is 2. The maximum Gasteiger partial charge on any atom is 0.186 e. The molecule has 0 aliphatic heterocycles. The van der Waals surface area contributed by atoms with Crippen LogP contribution in [0.4, 0.5) is 0 Å². The van der Waals surface area contributed by atoms with Gasteiger partial charge in [-0.3, -0.25) is 0 Å². The van der Waals surface area contributed by atoms with E-state index in [0.29, 0.717) is 35.2 Å². The highest BCUT2D eigenvalue weighted by atomic mass is 16.5. The molecule has 1 heterocycles. The predicted octanol–water partition coefficient (Wildman–Crippen LogP) is 2.35. The van der Waals surface area contributed by atoms with Gasteiger partial charge < -0.3 is 9.47 Å². The van der Waals surface area contributed by atoms with Crippen LogP contribution in [0.3, 0.4) is 0 Å². The van der Waals surface area contributed by atoms with Crippen molar-refractivity contribution in [2.24, 2.45) is 5.92 Å². The molecule has 0 saturated heterocycles. The molecular weight excluding hydrogens is 268 g/mol. The van der Waals surface area contributed by atoms with E-state index in [0.717, 1.165) is 5.69 Å². The molecule has 2 rings (SSSR count). The summed E-state index contributed by atoms with van der Waals surface area (Å²) in [5.74, 6) is 1.72. The van der Waals surface area contributed by atoms with Gasteiger partial charge in [0, 0.05) is 6.07 Å². The van der Waals surface area contributed by atoms with Gasteiger partial charge in [-0.15, -0.1) is 5.10 Å². The first-order valence-corrected chi connectivity index (χ1v) is 6.67. The fraction of sp³-hybridized carbons (Fsp3) is 0.400. The Labute approximate surface area is 123 Å². The quantitative estimate of drug-likeness (QED) is 0.843. The van der Waals surface area contributed by atoms with Crippen molar-refractivity contribution in [1.29, 1.82) is 5.26 Å². The van der Waals surface area contributed by atoms with Crippen LogP contribution in [-0.2, 0) is 6.42 Å². The van der Waals surface area contributed by atoms with Gasteiger partial charge in [-0.2, -0.15) is 5.26 Å². The van der Waals surface area contributed by atoms with Crippen molar-refractivity contribution in [1.82, 2.24) is 15.0 Å². The van der Waals surface area contributed by atoms with Crippen LogP contribution < -0.4 is 9.47 Å². The van der Waals surface area contributed by atoms with Crippen molar-refractivity contribution in [3.63, 3.8) is 0 Å². The Balaban J connectivity index is 2.61. The van der Waals surface area contributed by atoms with E-state index in [9.17, 15) is 5.26 Å². The van der Waals surface area contributed by atoms with Crippen LogP contribution in [0.1, 0.15) is 25.2 Å². The first kappa shape index (κ1) is 14.9. The second-order valence-corrected chi connectivity index (χ2v) is 5.04. The molecule has 0 spiro atoms. The molecule has 6 nitrogen and oxygen atoms in total. The minimum atomic E-state index is 0.341. The van der Waals surface area contributed by atoms with E-state index >= 15 is 0 Å². The molecule has 0 fully saturated rings. The zero-order valence-corrected chi connectivity index (χ0v) is 12.6. The summed E-state index contributed by atoms with van der Waals surface area (Å²) in [4.78, 5) is 0. The lowest BCUT2D eigenvalue weighted by Crippen LogP contribution is -2.08. The van der Waals surface area contributed by atoms with Gasteiger partial charge in [0.15, 0.2) is 5.69 Å². The lowest BCUT2D eigenvalue weighted by Gasteiger charge is -2.13. The number of hydrogen-bond acceptors (Lipinski definition) is 5. The molecule has 0 aliphatic rings. The Hall–Kier alpha value is -2.55. The molecule has 110 valence electrons. The van der Waals surface area contributed by atoms with E-state index in [2.05, 4.69) is 30.2 Å². The summed E-state index contributed by atoms with van der Waals surface area (Å²) in [6.07, 6.45) is 0.705. The van der Waals surface area contributed by atoms with E-state index in [1.165, 1.54) is 0 Å². The van der Waals surface area contributed by atoms with Crippen LogP contribution in [0.15, 0.2) is 18.2 Å². The minimum Gasteiger partial charge on any atom is -0.497 e. The van der Waals surface area contributed by atoms with E-state index in [1.807, 2.05) is 12.1 Å². The summed E-state index contributed by atoms with van der Waals surface area (Å²) in [5, 5.41) is 17.3. The number of hydrogen-bond donors (Lipinski definition) is 0. The molecule has 0 aliphatic carbocycles. The van der Waals surface area contributed by atoms with Crippen LogP contribution in [0.2, 0.25) is 0 Å². The summed E-state index contributed by atoms with van der Waals surface area (Å²) in [6, 6.07) is 7.53. The van der Waals surface area contributed by atoms with Crippen molar-refractivity contribution in [2.45, 2.75) is 20.3 Å². The molecule has 1 aromatic heterocycles. The molecule has 0 bridgehead atoms. The third-order valence-electron chi connectivity index (χ3n) is 3.08. The van der Waals surface area contributed by atoms with E-state index in [-0.39, 0.29) is 0 Å². The van der Waals surface area contributed by atoms with Crippen LogP contribution in [0.25, 0.3) is 5.69 Å². The molecule has 0 saturated carbocycles. The van der Waals surface area contributed by atoms with E-state index in [4.69, 9.17) is 9.47 Å².